The molecule has 11 aromatic carbocycles. The molecule has 0 atom stereocenters. The molecule has 0 spiro atoms. The van der Waals surface area contributed by atoms with E-state index >= 15 is 0 Å². The fourth-order valence-corrected chi connectivity index (χ4v) is 13.1. The number of anilines is 6. The summed E-state index contributed by atoms with van der Waals surface area (Å²) in [4.78, 5) is 4.87. The maximum Gasteiger partial charge on any atom is 0.0464 e. The van der Waals surface area contributed by atoms with Crippen LogP contribution in [0.5, 0.6) is 0 Å². The molecule has 0 bridgehead atoms. The number of hydrogen-bond donors (Lipinski definition) is 0. The van der Waals surface area contributed by atoms with Gasteiger partial charge in [0.15, 0.2) is 0 Å². The molecule has 0 aliphatic rings. The molecule has 0 aromatic heterocycles. The van der Waals surface area contributed by atoms with E-state index in [9.17, 15) is 0 Å². The van der Waals surface area contributed by atoms with Crippen LogP contribution in [-0.4, -0.2) is 0 Å². The Bertz CT molecular complexity index is 4040. The minimum absolute atomic E-state index is 1.04. The summed E-state index contributed by atoms with van der Waals surface area (Å²) in [5.74, 6) is 0. The van der Waals surface area contributed by atoms with Gasteiger partial charge in [0.1, 0.15) is 0 Å². The summed E-state index contributed by atoms with van der Waals surface area (Å²) in [5.41, 5.74) is 31.5. The molecule has 11 aromatic rings. The molecule has 0 amide bonds. The van der Waals surface area contributed by atoms with Crippen molar-refractivity contribution in [3.05, 3.63) is 288 Å². The molecule has 0 N–H and O–H groups in total. The molecule has 11 rings (SSSR count). The normalized spacial score (nSPS) is 11.3. The lowest BCUT2D eigenvalue weighted by molar-refractivity contribution is 0.664. The second-order valence-electron chi connectivity index (χ2n) is 24.8. The lowest BCUT2D eigenvalue weighted by Gasteiger charge is -2.28. The number of unbranched alkanes of at least 4 members (excludes halogenated alkanes) is 6. The van der Waals surface area contributed by atoms with E-state index in [0.29, 0.717) is 0 Å². The predicted octanol–water partition coefficient (Wildman–Crippen LogP) is 25.7. The SMILES string of the molecule is CCCCCCc1cc(-c2ccc(N(c3ccc(-c4ccc(CCC)cc4)cc3)c3ccc(-c4cccc(C)c4)cc3)cc2C)c(CCCCCC)cc1-c1ccc(N(c2ccc(-c3ccccc3)cc2)c2ccc(-c3ccc(CCC)cc3)cc2)cc1C. The maximum atomic E-state index is 2.61. The van der Waals surface area contributed by atoms with E-state index in [4.69, 9.17) is 0 Å². The van der Waals surface area contributed by atoms with Crippen molar-refractivity contribution in [2.75, 3.05) is 9.80 Å². The largest absolute Gasteiger partial charge is 0.310 e. The smallest absolute Gasteiger partial charge is 0.0464 e. The van der Waals surface area contributed by atoms with Gasteiger partial charge in [0.2, 0.25) is 0 Å². The third-order valence-electron chi connectivity index (χ3n) is 18.1. The molecule has 0 aliphatic heterocycles. The Kier molecular flexibility index (Phi) is 20.7. The van der Waals surface area contributed by atoms with Crippen molar-refractivity contribution in [3.8, 4) is 66.8 Å². The van der Waals surface area contributed by atoms with Gasteiger partial charge in [-0.3, -0.25) is 0 Å². The zero-order chi connectivity index (χ0) is 61.5. The average Bonchev–Trinajstić information content (AvgIpc) is 2.75. The summed E-state index contributed by atoms with van der Waals surface area (Å²) >= 11 is 0. The third-order valence-corrected chi connectivity index (χ3v) is 18.1. The first kappa shape index (κ1) is 61.7. The fraction of sp³-hybridized carbons (Fsp3) is 0.241. The average molecular weight is 1160 g/mol. The van der Waals surface area contributed by atoms with Crippen molar-refractivity contribution >= 4 is 34.1 Å². The van der Waals surface area contributed by atoms with Gasteiger partial charge in [0.25, 0.3) is 0 Å². The number of aryl methyl sites for hydroxylation is 7. The van der Waals surface area contributed by atoms with Crippen LogP contribution in [0.3, 0.4) is 0 Å². The lowest BCUT2D eigenvalue weighted by atomic mass is 9.84. The Labute approximate surface area is 533 Å². The van der Waals surface area contributed by atoms with Crippen molar-refractivity contribution in [2.45, 2.75) is 138 Å². The molecule has 448 valence electrons. The molecule has 0 heterocycles. The first-order valence-electron chi connectivity index (χ1n) is 33.4. The number of hydrogen-bond acceptors (Lipinski definition) is 2. The van der Waals surface area contributed by atoms with E-state index in [0.717, 1.165) is 85.5 Å². The minimum Gasteiger partial charge on any atom is -0.310 e. The Hall–Kier alpha value is -8.98. The Morgan fingerprint density at radius 1 is 0.236 bits per heavy atom. The number of rotatable bonds is 26. The van der Waals surface area contributed by atoms with Crippen LogP contribution in [-0.2, 0) is 25.7 Å². The van der Waals surface area contributed by atoms with Gasteiger partial charge in [-0.2, -0.15) is 0 Å². The van der Waals surface area contributed by atoms with E-state index < -0.39 is 0 Å². The Morgan fingerprint density at radius 2 is 0.573 bits per heavy atom. The third kappa shape index (κ3) is 15.0. The van der Waals surface area contributed by atoms with Crippen molar-refractivity contribution in [2.24, 2.45) is 0 Å². The number of nitrogens with zero attached hydrogens (tertiary/aromatic N) is 2. The highest BCUT2D eigenvalue weighted by Crippen LogP contribution is 2.44. The van der Waals surface area contributed by atoms with Gasteiger partial charge in [0.05, 0.1) is 0 Å². The van der Waals surface area contributed by atoms with Crippen LogP contribution in [0.4, 0.5) is 34.1 Å². The highest BCUT2D eigenvalue weighted by Gasteiger charge is 2.21. The van der Waals surface area contributed by atoms with Crippen molar-refractivity contribution in [3.63, 3.8) is 0 Å². The van der Waals surface area contributed by atoms with Gasteiger partial charge in [-0.25, -0.2) is 0 Å². The van der Waals surface area contributed by atoms with Crippen molar-refractivity contribution in [1.82, 2.24) is 0 Å². The van der Waals surface area contributed by atoms with Gasteiger partial charge < -0.3 is 9.80 Å². The summed E-state index contributed by atoms with van der Waals surface area (Å²) in [7, 11) is 0. The van der Waals surface area contributed by atoms with Gasteiger partial charge in [-0.15, -0.1) is 0 Å². The van der Waals surface area contributed by atoms with Crippen LogP contribution in [0.25, 0.3) is 66.8 Å². The molecule has 0 aliphatic carbocycles. The molecule has 0 saturated carbocycles. The molecular weight excluding hydrogens is 1070 g/mol. The molecular formula is C87H90N2. The van der Waals surface area contributed by atoms with Crippen LogP contribution in [0.15, 0.2) is 249 Å². The Balaban J connectivity index is 0.976. The molecule has 0 unspecified atom stereocenters. The molecule has 0 fully saturated rings. The minimum atomic E-state index is 1.04. The van der Waals surface area contributed by atoms with Crippen LogP contribution in [0, 0.1) is 20.8 Å². The molecule has 0 saturated heterocycles. The summed E-state index contributed by atoms with van der Waals surface area (Å²) in [6.45, 7) is 16.0. The molecule has 2 nitrogen and oxygen atoms in total. The maximum absolute atomic E-state index is 2.61. The highest BCUT2D eigenvalue weighted by molar-refractivity contribution is 5.87. The van der Waals surface area contributed by atoms with Gasteiger partial charge in [-0.05, 0) is 232 Å². The van der Waals surface area contributed by atoms with E-state index in [1.54, 1.807) is 0 Å². The van der Waals surface area contributed by atoms with E-state index in [2.05, 4.69) is 307 Å². The van der Waals surface area contributed by atoms with Crippen molar-refractivity contribution in [1.29, 1.82) is 0 Å². The second-order valence-corrected chi connectivity index (χ2v) is 24.8. The lowest BCUT2D eigenvalue weighted by Crippen LogP contribution is -2.10. The molecule has 0 radical (unpaired) electrons. The zero-order valence-corrected chi connectivity index (χ0v) is 54.0. The summed E-state index contributed by atoms with van der Waals surface area (Å²) in [6, 6.07) is 94.0. The highest BCUT2D eigenvalue weighted by atomic mass is 15.1. The fourth-order valence-electron chi connectivity index (χ4n) is 13.1. The van der Waals surface area contributed by atoms with Gasteiger partial charge >= 0.3 is 0 Å². The standard InChI is InChI=1S/C87H90N2/c1-8-12-14-17-27-76-62-87(85-57-55-83(60-65(85)7)89(81-52-44-74(45-53-81)75-29-21-24-63(5)58-75)80-50-42-73(43-51-80)70-36-32-67(23-11-4)33-37-70)77(28-18-15-13-9-2)61-86(76)84-56-54-82(59-64(84)6)88(78-46-38-71(39-47-78)68-25-19-16-20-26-68)79-48-40-72(41-49-79)69-34-30-66(22-10-3)31-35-69/h16,19-21,24-26,29-62H,8-15,17-18,22-23,27-28H2,1-7H3. The van der Waals surface area contributed by atoms with Gasteiger partial charge in [-0.1, -0.05) is 261 Å². The van der Waals surface area contributed by atoms with Crippen LogP contribution < -0.4 is 9.80 Å². The second kappa shape index (κ2) is 29.8. The van der Waals surface area contributed by atoms with E-state index in [-0.39, 0.29) is 0 Å². The van der Waals surface area contributed by atoms with Crippen LogP contribution in [0.1, 0.15) is 131 Å². The van der Waals surface area contributed by atoms with E-state index in [1.807, 2.05) is 0 Å². The predicted molar refractivity (Wildman–Crippen MR) is 386 cm³/mol. The summed E-state index contributed by atoms with van der Waals surface area (Å²) in [6.07, 6.45) is 16.3. The summed E-state index contributed by atoms with van der Waals surface area (Å²) < 4.78 is 0. The van der Waals surface area contributed by atoms with E-state index in [1.165, 1.54) is 144 Å². The quantitative estimate of drug-likeness (QED) is 0.0499. The monoisotopic (exact) mass is 1160 g/mol. The molecule has 89 heavy (non-hydrogen) atoms. The summed E-state index contributed by atoms with van der Waals surface area (Å²) in [5, 5.41) is 0. The number of benzene rings is 11. The zero-order valence-electron chi connectivity index (χ0n) is 54.0. The van der Waals surface area contributed by atoms with Crippen molar-refractivity contribution < 1.29 is 0 Å². The van der Waals surface area contributed by atoms with Gasteiger partial charge in [0, 0.05) is 34.1 Å². The first-order valence-corrected chi connectivity index (χ1v) is 33.4. The van der Waals surface area contributed by atoms with Crippen LogP contribution >= 0.6 is 0 Å². The molecule has 2 heteroatoms. The first-order chi connectivity index (χ1) is 43.7. The topological polar surface area (TPSA) is 6.48 Å². The Morgan fingerprint density at radius 3 is 0.921 bits per heavy atom. The van der Waals surface area contributed by atoms with Crippen LogP contribution in [0.2, 0.25) is 0 Å².